The molecule has 0 saturated heterocycles. The van der Waals surface area contributed by atoms with Crippen LogP contribution in [0.25, 0.3) is 0 Å². The van der Waals surface area contributed by atoms with E-state index in [4.69, 9.17) is 0 Å². The Hall–Kier alpha value is -0.870. The predicted octanol–water partition coefficient (Wildman–Crippen LogP) is 0.579. The molecule has 3 N–H and O–H groups in total. The zero-order chi connectivity index (χ0) is 9.68. The minimum atomic E-state index is -0.243. The highest BCUT2D eigenvalue weighted by molar-refractivity contribution is 5.13. The van der Waals surface area contributed by atoms with E-state index in [0.29, 0.717) is 6.54 Å². The first-order valence-corrected chi connectivity index (χ1v) is 4.61. The van der Waals surface area contributed by atoms with Crippen LogP contribution in [0.2, 0.25) is 0 Å². The van der Waals surface area contributed by atoms with Crippen molar-refractivity contribution >= 4 is 0 Å². The van der Waals surface area contributed by atoms with E-state index in [-0.39, 0.29) is 6.10 Å². The normalized spacial score (nSPS) is 13.2. The van der Waals surface area contributed by atoms with Gasteiger partial charge in [-0.05, 0) is 13.3 Å². The summed E-state index contributed by atoms with van der Waals surface area (Å²) in [6, 6.07) is 0. The molecule has 0 spiro atoms. The Morgan fingerprint density at radius 1 is 1.69 bits per heavy atom. The summed E-state index contributed by atoms with van der Waals surface area (Å²) in [5.74, 6) is 0. The molecule has 0 fully saturated rings. The van der Waals surface area contributed by atoms with Gasteiger partial charge >= 0.3 is 0 Å². The molecule has 4 heteroatoms. The number of hydrogen-bond acceptors (Lipinski definition) is 3. The summed E-state index contributed by atoms with van der Waals surface area (Å²) < 4.78 is 0. The Morgan fingerprint density at radius 2 is 2.46 bits per heavy atom. The maximum absolute atomic E-state index is 9.27. The Balaban J connectivity index is 2.24. The molecule has 1 aromatic heterocycles. The first kappa shape index (κ1) is 10.2. The number of aliphatic hydroxyl groups excluding tert-OH is 1. The van der Waals surface area contributed by atoms with Crippen molar-refractivity contribution in [3.05, 3.63) is 17.5 Å². The Bertz CT molecular complexity index is 247. The van der Waals surface area contributed by atoms with Gasteiger partial charge in [-0.2, -0.15) is 5.10 Å². The van der Waals surface area contributed by atoms with Crippen LogP contribution >= 0.6 is 0 Å². The van der Waals surface area contributed by atoms with Crippen LogP contribution in [0.1, 0.15) is 24.6 Å². The second kappa shape index (κ2) is 4.99. The fourth-order valence-corrected chi connectivity index (χ4v) is 1.07. The average molecular weight is 183 g/mol. The third-order valence-electron chi connectivity index (χ3n) is 2.10. The Morgan fingerprint density at radius 3 is 3.00 bits per heavy atom. The summed E-state index contributed by atoms with van der Waals surface area (Å²) >= 11 is 0. The first-order valence-electron chi connectivity index (χ1n) is 4.61. The van der Waals surface area contributed by atoms with Crippen molar-refractivity contribution in [1.82, 2.24) is 15.5 Å². The highest BCUT2D eigenvalue weighted by Crippen LogP contribution is 2.01. The summed E-state index contributed by atoms with van der Waals surface area (Å²) in [5.41, 5.74) is 2.24. The van der Waals surface area contributed by atoms with Gasteiger partial charge in [0.05, 0.1) is 12.3 Å². The number of nitrogens with one attached hydrogen (secondary N) is 2. The van der Waals surface area contributed by atoms with Gasteiger partial charge in [-0.15, -0.1) is 0 Å². The first-order chi connectivity index (χ1) is 6.24. The van der Waals surface area contributed by atoms with E-state index in [1.54, 1.807) is 6.20 Å². The molecular weight excluding hydrogens is 166 g/mol. The summed E-state index contributed by atoms with van der Waals surface area (Å²) in [6.07, 6.45) is 2.35. The zero-order valence-corrected chi connectivity index (χ0v) is 8.17. The summed E-state index contributed by atoms with van der Waals surface area (Å²) in [7, 11) is 0. The van der Waals surface area contributed by atoms with E-state index >= 15 is 0 Å². The van der Waals surface area contributed by atoms with E-state index < -0.39 is 0 Å². The number of aryl methyl sites for hydroxylation is 1. The number of aromatic amines is 1. The van der Waals surface area contributed by atoms with Gasteiger partial charge in [0.15, 0.2) is 0 Å². The minimum Gasteiger partial charge on any atom is -0.392 e. The lowest BCUT2D eigenvalue weighted by Crippen LogP contribution is -2.25. The summed E-state index contributed by atoms with van der Waals surface area (Å²) in [5, 5.41) is 19.2. The molecule has 0 amide bonds. The molecule has 1 unspecified atom stereocenters. The highest BCUT2D eigenvalue weighted by Gasteiger charge is 2.02. The van der Waals surface area contributed by atoms with Crippen LogP contribution in [0.5, 0.6) is 0 Å². The van der Waals surface area contributed by atoms with Crippen molar-refractivity contribution in [3.8, 4) is 0 Å². The number of aromatic nitrogens is 2. The molecule has 0 saturated carbocycles. The molecule has 74 valence electrons. The molecule has 13 heavy (non-hydrogen) atoms. The number of H-pyrrole nitrogens is 1. The Kier molecular flexibility index (Phi) is 3.92. The second-order valence-corrected chi connectivity index (χ2v) is 3.21. The van der Waals surface area contributed by atoms with Gasteiger partial charge in [0.1, 0.15) is 0 Å². The van der Waals surface area contributed by atoms with Gasteiger partial charge in [0.25, 0.3) is 0 Å². The predicted molar refractivity (Wildman–Crippen MR) is 51.3 cm³/mol. The number of nitrogens with zero attached hydrogens (tertiary/aromatic N) is 1. The Labute approximate surface area is 78.4 Å². The van der Waals surface area contributed by atoms with E-state index in [2.05, 4.69) is 15.5 Å². The maximum Gasteiger partial charge on any atom is 0.0662 e. The zero-order valence-electron chi connectivity index (χ0n) is 8.17. The second-order valence-electron chi connectivity index (χ2n) is 3.21. The molecule has 0 aliphatic carbocycles. The van der Waals surface area contributed by atoms with Crippen LogP contribution in [0.4, 0.5) is 0 Å². The summed E-state index contributed by atoms with van der Waals surface area (Å²) in [4.78, 5) is 0. The van der Waals surface area contributed by atoms with Crippen LogP contribution in [-0.2, 0) is 6.54 Å². The van der Waals surface area contributed by atoms with Crippen LogP contribution < -0.4 is 5.32 Å². The molecular formula is C9H17N3O. The topological polar surface area (TPSA) is 60.9 Å². The van der Waals surface area contributed by atoms with Crippen molar-refractivity contribution in [2.24, 2.45) is 0 Å². The molecule has 1 heterocycles. The molecule has 4 nitrogen and oxygen atoms in total. The van der Waals surface area contributed by atoms with Crippen molar-refractivity contribution in [2.75, 3.05) is 6.54 Å². The molecule has 1 rings (SSSR count). The van der Waals surface area contributed by atoms with E-state index in [1.165, 1.54) is 0 Å². The molecule has 0 bridgehead atoms. The quantitative estimate of drug-likeness (QED) is 0.625. The van der Waals surface area contributed by atoms with Gasteiger partial charge in [-0.25, -0.2) is 0 Å². The van der Waals surface area contributed by atoms with Gasteiger partial charge < -0.3 is 10.4 Å². The number of hydrogen-bond donors (Lipinski definition) is 3. The van der Waals surface area contributed by atoms with E-state index in [9.17, 15) is 5.11 Å². The van der Waals surface area contributed by atoms with Crippen molar-refractivity contribution in [2.45, 2.75) is 32.9 Å². The standard InChI is InChI=1S/C9H17N3O/c1-3-9(13)6-10-4-8-5-11-12-7(8)2/h5,9-10,13H,3-4,6H2,1-2H3,(H,11,12). The van der Waals surface area contributed by atoms with Gasteiger partial charge in [0.2, 0.25) is 0 Å². The average Bonchev–Trinajstić information content (AvgIpc) is 2.52. The van der Waals surface area contributed by atoms with Crippen LogP contribution in [-0.4, -0.2) is 28.0 Å². The van der Waals surface area contributed by atoms with Crippen molar-refractivity contribution in [3.63, 3.8) is 0 Å². The van der Waals surface area contributed by atoms with Crippen molar-refractivity contribution < 1.29 is 5.11 Å². The van der Waals surface area contributed by atoms with Crippen LogP contribution in [0.15, 0.2) is 6.20 Å². The monoisotopic (exact) mass is 183 g/mol. The molecule has 1 aromatic rings. The third kappa shape index (κ3) is 3.16. The smallest absolute Gasteiger partial charge is 0.0662 e. The van der Waals surface area contributed by atoms with Gasteiger partial charge in [0, 0.05) is 24.3 Å². The van der Waals surface area contributed by atoms with Gasteiger partial charge in [-0.3, -0.25) is 5.10 Å². The van der Waals surface area contributed by atoms with Crippen molar-refractivity contribution in [1.29, 1.82) is 0 Å². The fourth-order valence-electron chi connectivity index (χ4n) is 1.07. The third-order valence-corrected chi connectivity index (χ3v) is 2.10. The molecule has 1 atom stereocenters. The van der Waals surface area contributed by atoms with Crippen LogP contribution in [0, 0.1) is 6.92 Å². The number of aliphatic hydroxyl groups is 1. The van der Waals surface area contributed by atoms with E-state index in [0.717, 1.165) is 24.2 Å². The molecule has 0 aromatic carbocycles. The lowest BCUT2D eigenvalue weighted by atomic mass is 10.2. The lowest BCUT2D eigenvalue weighted by Gasteiger charge is -2.08. The molecule has 0 aliphatic rings. The van der Waals surface area contributed by atoms with E-state index in [1.807, 2.05) is 13.8 Å². The molecule has 0 aliphatic heterocycles. The largest absolute Gasteiger partial charge is 0.392 e. The minimum absolute atomic E-state index is 0.243. The lowest BCUT2D eigenvalue weighted by molar-refractivity contribution is 0.167. The maximum atomic E-state index is 9.27. The summed E-state index contributed by atoms with van der Waals surface area (Å²) in [6.45, 7) is 5.36. The highest BCUT2D eigenvalue weighted by atomic mass is 16.3. The SMILES string of the molecule is CCC(O)CNCc1cn[nH]c1C. The van der Waals surface area contributed by atoms with Crippen LogP contribution in [0.3, 0.4) is 0 Å². The fraction of sp³-hybridized carbons (Fsp3) is 0.667. The number of rotatable bonds is 5. The van der Waals surface area contributed by atoms with Gasteiger partial charge in [-0.1, -0.05) is 6.92 Å². The molecule has 0 radical (unpaired) electrons.